The molecule has 1 heterocycles. The molecule has 82 valence electrons. The molecule has 0 saturated heterocycles. The van der Waals surface area contributed by atoms with E-state index in [-0.39, 0.29) is 10.3 Å². The molecule has 3 nitrogen and oxygen atoms in total. The molecule has 0 aromatic carbocycles. The van der Waals surface area contributed by atoms with Crippen LogP contribution in [0.25, 0.3) is 0 Å². The van der Waals surface area contributed by atoms with E-state index in [1.165, 1.54) is 12.1 Å². The number of carbonyl (C=O) groups excluding carboxylic acids is 1. The Morgan fingerprint density at radius 1 is 1.33 bits per heavy atom. The molecule has 1 N–H and O–H groups in total. The zero-order valence-electron chi connectivity index (χ0n) is 6.90. The number of nitrogens with zero attached hydrogens (tertiary/aromatic N) is 1. The third kappa shape index (κ3) is 3.45. The Hall–Kier alpha value is -0.630. The van der Waals surface area contributed by atoms with Gasteiger partial charge < -0.3 is 5.32 Å². The van der Waals surface area contributed by atoms with E-state index in [1.54, 1.807) is 5.32 Å². The first-order valence-corrected chi connectivity index (χ1v) is 5.09. The van der Waals surface area contributed by atoms with Gasteiger partial charge in [-0.15, -0.1) is 0 Å². The Balaban J connectivity index is 2.87. The van der Waals surface area contributed by atoms with Crippen molar-refractivity contribution in [2.45, 2.75) is 6.18 Å². The van der Waals surface area contributed by atoms with Gasteiger partial charge in [0.2, 0.25) is 0 Å². The second kappa shape index (κ2) is 4.48. The number of hydrogen-bond donors (Lipinski definition) is 1. The highest BCUT2D eigenvalue weighted by molar-refractivity contribution is 9.11. The number of halogens is 5. The van der Waals surface area contributed by atoms with Gasteiger partial charge in [0.05, 0.1) is 5.69 Å². The molecule has 0 atom stereocenters. The van der Waals surface area contributed by atoms with Crippen molar-refractivity contribution in [1.82, 2.24) is 4.98 Å². The molecular formula is C7H3Br2F3N2O. The Morgan fingerprint density at radius 3 is 2.40 bits per heavy atom. The monoisotopic (exact) mass is 346 g/mol. The van der Waals surface area contributed by atoms with Crippen molar-refractivity contribution < 1.29 is 18.0 Å². The lowest BCUT2D eigenvalue weighted by Crippen LogP contribution is -2.30. The maximum Gasteiger partial charge on any atom is 0.471 e. The molecule has 1 aromatic rings. The van der Waals surface area contributed by atoms with Gasteiger partial charge in [-0.3, -0.25) is 4.79 Å². The van der Waals surface area contributed by atoms with Crippen LogP contribution in [0.5, 0.6) is 0 Å². The Bertz CT molecular complexity index is 394. The number of rotatable bonds is 1. The topological polar surface area (TPSA) is 42.0 Å². The third-order valence-electron chi connectivity index (χ3n) is 1.32. The zero-order valence-corrected chi connectivity index (χ0v) is 10.1. The fraction of sp³-hybridized carbons (Fsp3) is 0.143. The second-order valence-electron chi connectivity index (χ2n) is 2.42. The fourth-order valence-electron chi connectivity index (χ4n) is 0.699. The highest BCUT2D eigenvalue weighted by atomic mass is 79.9. The van der Waals surface area contributed by atoms with Crippen molar-refractivity contribution in [1.29, 1.82) is 0 Å². The lowest BCUT2D eigenvalue weighted by molar-refractivity contribution is -0.167. The van der Waals surface area contributed by atoms with E-state index in [4.69, 9.17) is 0 Å². The SMILES string of the molecule is O=C(Nc1ccc(Br)nc1Br)C(F)(F)F. The van der Waals surface area contributed by atoms with E-state index in [1.807, 2.05) is 0 Å². The van der Waals surface area contributed by atoms with Crippen LogP contribution in [-0.4, -0.2) is 17.1 Å². The molecule has 0 aliphatic heterocycles. The van der Waals surface area contributed by atoms with E-state index in [0.29, 0.717) is 4.60 Å². The number of hydrogen-bond acceptors (Lipinski definition) is 2. The van der Waals surface area contributed by atoms with E-state index < -0.39 is 12.1 Å². The van der Waals surface area contributed by atoms with Crippen LogP contribution in [-0.2, 0) is 4.79 Å². The quantitative estimate of drug-likeness (QED) is 0.793. The van der Waals surface area contributed by atoms with Gasteiger partial charge in [0.25, 0.3) is 0 Å². The molecular weight excluding hydrogens is 345 g/mol. The minimum absolute atomic E-state index is 0.0412. The number of nitrogens with one attached hydrogen (secondary N) is 1. The van der Waals surface area contributed by atoms with E-state index >= 15 is 0 Å². The van der Waals surface area contributed by atoms with Crippen LogP contribution in [0.15, 0.2) is 21.3 Å². The Kier molecular flexibility index (Phi) is 3.72. The zero-order chi connectivity index (χ0) is 11.6. The largest absolute Gasteiger partial charge is 0.471 e. The standard InChI is InChI=1S/C7H3Br2F3N2O/c8-4-2-1-3(5(9)14-4)13-6(15)7(10,11)12/h1-2H,(H,13,15). The normalized spacial score (nSPS) is 11.3. The Morgan fingerprint density at radius 2 is 1.93 bits per heavy atom. The lowest BCUT2D eigenvalue weighted by atomic mass is 10.4. The van der Waals surface area contributed by atoms with Crippen molar-refractivity contribution in [2.24, 2.45) is 0 Å². The van der Waals surface area contributed by atoms with Crippen molar-refractivity contribution in [3.05, 3.63) is 21.3 Å². The molecule has 0 unspecified atom stereocenters. The van der Waals surface area contributed by atoms with Crippen LogP contribution < -0.4 is 5.32 Å². The smallest absolute Gasteiger partial charge is 0.316 e. The molecule has 0 bridgehead atoms. The first kappa shape index (κ1) is 12.4. The molecule has 8 heteroatoms. The number of carbonyl (C=O) groups is 1. The molecule has 0 aliphatic rings. The summed E-state index contributed by atoms with van der Waals surface area (Å²) in [5.41, 5.74) is -0.0412. The molecule has 1 aromatic heterocycles. The number of pyridine rings is 1. The predicted octanol–water partition coefficient (Wildman–Crippen LogP) is 3.11. The van der Waals surface area contributed by atoms with Gasteiger partial charge in [0, 0.05) is 0 Å². The lowest BCUT2D eigenvalue weighted by Gasteiger charge is -2.08. The second-order valence-corrected chi connectivity index (χ2v) is 3.99. The highest BCUT2D eigenvalue weighted by Crippen LogP contribution is 2.24. The van der Waals surface area contributed by atoms with Crippen LogP contribution >= 0.6 is 31.9 Å². The summed E-state index contributed by atoms with van der Waals surface area (Å²) in [6.07, 6.45) is -4.91. The van der Waals surface area contributed by atoms with Gasteiger partial charge in [0.15, 0.2) is 0 Å². The summed E-state index contributed by atoms with van der Waals surface area (Å²) in [7, 11) is 0. The molecule has 0 saturated carbocycles. The van der Waals surface area contributed by atoms with E-state index in [0.717, 1.165) is 0 Å². The summed E-state index contributed by atoms with van der Waals surface area (Å²) >= 11 is 5.95. The number of alkyl halides is 3. The summed E-state index contributed by atoms with van der Waals surface area (Å²) in [5.74, 6) is -2.03. The fourth-order valence-corrected chi connectivity index (χ4v) is 1.67. The molecule has 15 heavy (non-hydrogen) atoms. The van der Waals surface area contributed by atoms with Crippen molar-refractivity contribution in [3.8, 4) is 0 Å². The molecule has 0 radical (unpaired) electrons. The molecule has 1 rings (SSSR count). The van der Waals surface area contributed by atoms with Gasteiger partial charge in [-0.2, -0.15) is 13.2 Å². The Labute approximate surface area is 99.3 Å². The van der Waals surface area contributed by atoms with Crippen LogP contribution in [0.4, 0.5) is 18.9 Å². The summed E-state index contributed by atoms with van der Waals surface area (Å²) in [5, 5.41) is 1.68. The maximum absolute atomic E-state index is 11.9. The molecule has 0 spiro atoms. The van der Waals surface area contributed by atoms with E-state index in [2.05, 4.69) is 36.8 Å². The average molecular weight is 348 g/mol. The summed E-state index contributed by atoms with van der Waals surface area (Å²) in [4.78, 5) is 14.3. The van der Waals surface area contributed by atoms with Gasteiger partial charge in [0.1, 0.15) is 9.21 Å². The van der Waals surface area contributed by atoms with Crippen molar-refractivity contribution in [3.63, 3.8) is 0 Å². The van der Waals surface area contributed by atoms with Crippen LogP contribution in [0, 0.1) is 0 Å². The highest BCUT2D eigenvalue weighted by Gasteiger charge is 2.38. The number of amides is 1. The van der Waals surface area contributed by atoms with Crippen LogP contribution in [0.1, 0.15) is 0 Å². The van der Waals surface area contributed by atoms with Crippen molar-refractivity contribution in [2.75, 3.05) is 5.32 Å². The van der Waals surface area contributed by atoms with Gasteiger partial charge in [-0.25, -0.2) is 4.98 Å². The summed E-state index contributed by atoms with van der Waals surface area (Å²) in [6.45, 7) is 0. The first-order valence-electron chi connectivity index (χ1n) is 3.51. The molecule has 0 fully saturated rings. The summed E-state index contributed by atoms with van der Waals surface area (Å²) in [6, 6.07) is 2.71. The molecule has 0 aliphatic carbocycles. The van der Waals surface area contributed by atoms with Gasteiger partial charge in [-0.1, -0.05) is 0 Å². The number of aromatic nitrogens is 1. The van der Waals surface area contributed by atoms with Gasteiger partial charge >= 0.3 is 12.1 Å². The predicted molar refractivity (Wildman–Crippen MR) is 54.3 cm³/mol. The third-order valence-corrected chi connectivity index (χ3v) is 2.37. The minimum Gasteiger partial charge on any atom is -0.316 e. The van der Waals surface area contributed by atoms with Gasteiger partial charge in [-0.05, 0) is 44.0 Å². The first-order chi connectivity index (χ1) is 6.80. The summed E-state index contributed by atoms with van der Waals surface area (Å²) < 4.78 is 36.2. The van der Waals surface area contributed by atoms with E-state index in [9.17, 15) is 18.0 Å². The average Bonchev–Trinajstić information content (AvgIpc) is 2.08. The van der Waals surface area contributed by atoms with Crippen LogP contribution in [0.2, 0.25) is 0 Å². The number of anilines is 1. The van der Waals surface area contributed by atoms with Crippen molar-refractivity contribution >= 4 is 43.5 Å². The maximum atomic E-state index is 11.9. The molecule has 1 amide bonds. The minimum atomic E-state index is -4.91. The van der Waals surface area contributed by atoms with Crippen LogP contribution in [0.3, 0.4) is 0 Å².